The monoisotopic (exact) mass is 459 g/mol. The summed E-state index contributed by atoms with van der Waals surface area (Å²) in [6, 6.07) is 10.3. The van der Waals surface area contributed by atoms with E-state index in [0.29, 0.717) is 23.8 Å². The van der Waals surface area contributed by atoms with Gasteiger partial charge in [-0.2, -0.15) is 4.31 Å². The van der Waals surface area contributed by atoms with Crippen LogP contribution in [0.25, 0.3) is 0 Å². The number of carbonyl (C=O) groups excluding carboxylic acids is 1. The van der Waals surface area contributed by atoms with Crippen molar-refractivity contribution in [1.82, 2.24) is 9.29 Å². The van der Waals surface area contributed by atoms with Crippen LogP contribution in [0.4, 0.5) is 10.6 Å². The summed E-state index contributed by atoms with van der Waals surface area (Å²) in [4.78, 5) is 19.0. The Morgan fingerprint density at radius 3 is 2.44 bits per heavy atom. The first kappa shape index (κ1) is 24.2. The summed E-state index contributed by atoms with van der Waals surface area (Å²) in [6.45, 7) is 10.4. The zero-order valence-electron chi connectivity index (χ0n) is 19.5. The minimum absolute atomic E-state index is 0.274. The fraction of sp³-hybridized carbons (Fsp3) is 0.500. The fourth-order valence-corrected chi connectivity index (χ4v) is 5.48. The van der Waals surface area contributed by atoms with E-state index in [-0.39, 0.29) is 6.04 Å². The Kier molecular flexibility index (Phi) is 7.25. The van der Waals surface area contributed by atoms with Gasteiger partial charge < -0.3 is 4.74 Å². The summed E-state index contributed by atoms with van der Waals surface area (Å²) in [5.41, 5.74) is 1.24. The van der Waals surface area contributed by atoms with Crippen molar-refractivity contribution in [1.29, 1.82) is 0 Å². The maximum Gasteiger partial charge on any atom is 0.416 e. The van der Waals surface area contributed by atoms with Gasteiger partial charge in [0.2, 0.25) is 10.0 Å². The number of hydrogen-bond donors (Lipinski definition) is 0. The van der Waals surface area contributed by atoms with Crippen LogP contribution in [0.2, 0.25) is 0 Å². The first-order chi connectivity index (χ1) is 15.0. The summed E-state index contributed by atoms with van der Waals surface area (Å²) >= 11 is 0. The van der Waals surface area contributed by atoms with Gasteiger partial charge in [-0.05, 0) is 70.7 Å². The lowest BCUT2D eigenvalue weighted by Crippen LogP contribution is -2.38. The molecule has 1 amide bonds. The smallest absolute Gasteiger partial charge is 0.416 e. The van der Waals surface area contributed by atoms with Crippen molar-refractivity contribution in [3.05, 3.63) is 53.7 Å². The van der Waals surface area contributed by atoms with E-state index in [9.17, 15) is 13.2 Å². The van der Waals surface area contributed by atoms with Crippen molar-refractivity contribution in [2.45, 2.75) is 70.4 Å². The van der Waals surface area contributed by atoms with E-state index in [1.54, 1.807) is 28.7 Å². The van der Waals surface area contributed by atoms with Gasteiger partial charge in [0.25, 0.3) is 0 Å². The zero-order chi connectivity index (χ0) is 23.5. The van der Waals surface area contributed by atoms with Crippen molar-refractivity contribution in [3.8, 4) is 0 Å². The van der Waals surface area contributed by atoms with Gasteiger partial charge in [-0.1, -0.05) is 30.7 Å². The Bertz CT molecular complexity index is 1030. The van der Waals surface area contributed by atoms with Crippen LogP contribution in [0.1, 0.15) is 64.1 Å². The van der Waals surface area contributed by atoms with Crippen molar-refractivity contribution in [2.24, 2.45) is 0 Å². The highest BCUT2D eigenvalue weighted by Crippen LogP contribution is 2.36. The van der Waals surface area contributed by atoms with Crippen molar-refractivity contribution >= 4 is 21.9 Å². The Balaban J connectivity index is 1.83. The molecule has 1 fully saturated rings. The standard InChI is InChI=1S/C24H33N3O4S/c1-6-15-26(23(28)31-24(3,4)5)22-14-11-19(17-25-22)21-8-7-16-27(21)32(29,30)20-12-9-18(2)10-13-20/h9-14,17,21H,6-8,15-16H2,1-5H3/t21-/m1/s1. The second-order valence-corrected chi connectivity index (χ2v) is 11.1. The van der Waals surface area contributed by atoms with Gasteiger partial charge in [0, 0.05) is 19.3 Å². The molecule has 174 valence electrons. The minimum Gasteiger partial charge on any atom is -0.443 e. The maximum atomic E-state index is 13.2. The van der Waals surface area contributed by atoms with E-state index < -0.39 is 21.7 Å². The fourth-order valence-electron chi connectivity index (χ4n) is 3.80. The molecule has 0 bridgehead atoms. The molecule has 1 atom stereocenters. The lowest BCUT2D eigenvalue weighted by Gasteiger charge is -2.27. The van der Waals surface area contributed by atoms with Gasteiger partial charge in [0.05, 0.1) is 10.9 Å². The number of hydrogen-bond acceptors (Lipinski definition) is 5. The topological polar surface area (TPSA) is 79.8 Å². The molecule has 0 N–H and O–H groups in total. The first-order valence-electron chi connectivity index (χ1n) is 11.1. The van der Waals surface area contributed by atoms with E-state index in [1.165, 1.54) is 4.90 Å². The second-order valence-electron chi connectivity index (χ2n) is 9.17. The Morgan fingerprint density at radius 1 is 1.19 bits per heavy atom. The SMILES string of the molecule is CCCN(C(=O)OC(C)(C)C)c1ccc([C@H]2CCCN2S(=O)(=O)c2ccc(C)cc2)cn1. The Labute approximate surface area is 191 Å². The van der Waals surface area contributed by atoms with Crippen molar-refractivity contribution in [2.75, 3.05) is 18.0 Å². The molecule has 8 heteroatoms. The van der Waals surface area contributed by atoms with Crippen molar-refractivity contribution < 1.29 is 17.9 Å². The number of ether oxygens (including phenoxy) is 1. The molecule has 1 aliphatic heterocycles. The first-order valence-corrected chi connectivity index (χ1v) is 12.5. The highest BCUT2D eigenvalue weighted by molar-refractivity contribution is 7.89. The van der Waals surface area contributed by atoms with E-state index >= 15 is 0 Å². The average Bonchev–Trinajstić information content (AvgIpc) is 3.22. The van der Waals surface area contributed by atoms with Gasteiger partial charge >= 0.3 is 6.09 Å². The molecule has 1 aliphatic rings. The summed E-state index contributed by atoms with van der Waals surface area (Å²) in [6.07, 6.45) is 3.52. The summed E-state index contributed by atoms with van der Waals surface area (Å²) in [7, 11) is -3.60. The molecule has 32 heavy (non-hydrogen) atoms. The number of nitrogens with zero attached hydrogens (tertiary/aromatic N) is 3. The highest BCUT2D eigenvalue weighted by atomic mass is 32.2. The number of amides is 1. The van der Waals surface area contributed by atoms with Crippen LogP contribution in [-0.4, -0.2) is 42.5 Å². The van der Waals surface area contributed by atoms with Crippen LogP contribution in [0.3, 0.4) is 0 Å². The molecule has 3 rings (SSSR count). The predicted octanol–water partition coefficient (Wildman–Crippen LogP) is 5.07. The second kappa shape index (κ2) is 9.58. The molecule has 0 saturated carbocycles. The van der Waals surface area contributed by atoms with Gasteiger partial charge in [0.1, 0.15) is 11.4 Å². The van der Waals surface area contributed by atoms with E-state index in [1.807, 2.05) is 52.8 Å². The molecule has 1 aromatic heterocycles. The van der Waals surface area contributed by atoms with E-state index in [4.69, 9.17) is 4.74 Å². The van der Waals surface area contributed by atoms with Crippen LogP contribution >= 0.6 is 0 Å². The van der Waals surface area contributed by atoms with E-state index in [2.05, 4.69) is 4.98 Å². The molecular formula is C24H33N3O4S. The van der Waals surface area contributed by atoms with Crippen LogP contribution < -0.4 is 4.90 Å². The highest BCUT2D eigenvalue weighted by Gasteiger charge is 2.36. The van der Waals surface area contributed by atoms with Crippen LogP contribution in [-0.2, 0) is 14.8 Å². The summed E-state index contributed by atoms with van der Waals surface area (Å²) in [5.74, 6) is 0.496. The third-order valence-electron chi connectivity index (χ3n) is 5.32. The minimum atomic E-state index is -3.60. The molecule has 0 radical (unpaired) electrons. The molecule has 2 aromatic rings. The third-order valence-corrected chi connectivity index (χ3v) is 7.25. The van der Waals surface area contributed by atoms with Crippen molar-refractivity contribution in [3.63, 3.8) is 0 Å². The number of sulfonamides is 1. The number of aryl methyl sites for hydroxylation is 1. The third kappa shape index (κ3) is 5.48. The van der Waals surface area contributed by atoms with Gasteiger partial charge in [-0.15, -0.1) is 0 Å². The summed E-state index contributed by atoms with van der Waals surface area (Å²) < 4.78 is 33.6. The molecule has 1 aromatic carbocycles. The average molecular weight is 460 g/mol. The molecule has 0 spiro atoms. The number of pyridine rings is 1. The van der Waals surface area contributed by atoms with Crippen LogP contribution in [0.15, 0.2) is 47.5 Å². The van der Waals surface area contributed by atoms with Crippen LogP contribution in [0.5, 0.6) is 0 Å². The Hall–Kier alpha value is -2.45. The number of rotatable bonds is 6. The zero-order valence-corrected chi connectivity index (χ0v) is 20.4. The largest absolute Gasteiger partial charge is 0.443 e. The number of benzene rings is 1. The maximum absolute atomic E-state index is 13.2. The Morgan fingerprint density at radius 2 is 1.88 bits per heavy atom. The molecule has 0 aliphatic carbocycles. The van der Waals surface area contributed by atoms with Gasteiger partial charge in [-0.25, -0.2) is 18.2 Å². The van der Waals surface area contributed by atoms with Gasteiger partial charge in [0.15, 0.2) is 0 Å². The van der Waals surface area contributed by atoms with Crippen LogP contribution in [0, 0.1) is 6.92 Å². The number of anilines is 1. The normalized spacial score (nSPS) is 17.3. The van der Waals surface area contributed by atoms with Gasteiger partial charge in [-0.3, -0.25) is 4.90 Å². The number of aromatic nitrogens is 1. The molecule has 2 heterocycles. The lowest BCUT2D eigenvalue weighted by atomic mass is 10.1. The quantitative estimate of drug-likeness (QED) is 0.603. The molecule has 0 unspecified atom stereocenters. The lowest BCUT2D eigenvalue weighted by molar-refractivity contribution is 0.0579. The molecule has 1 saturated heterocycles. The number of carbonyl (C=O) groups is 1. The van der Waals surface area contributed by atoms with E-state index in [0.717, 1.165) is 30.4 Å². The summed E-state index contributed by atoms with van der Waals surface area (Å²) in [5, 5.41) is 0. The predicted molar refractivity (Wildman–Crippen MR) is 125 cm³/mol. The molecular weight excluding hydrogens is 426 g/mol. The molecule has 7 nitrogen and oxygen atoms in total.